The SMILES string of the molecule is CC[C@H](NC(=O)N1CCN(C2CCOCC2)CC1)c1cccs1. The Labute approximate surface area is 142 Å². The van der Waals surface area contributed by atoms with E-state index in [4.69, 9.17) is 4.74 Å². The molecule has 1 atom stereocenters. The Morgan fingerprint density at radius 2 is 2.09 bits per heavy atom. The van der Waals surface area contributed by atoms with Gasteiger partial charge in [-0.15, -0.1) is 11.3 Å². The Morgan fingerprint density at radius 1 is 1.35 bits per heavy atom. The average Bonchev–Trinajstić information content (AvgIpc) is 3.15. The summed E-state index contributed by atoms with van der Waals surface area (Å²) in [5.74, 6) is 0. The Kier molecular flexibility index (Phi) is 5.91. The Morgan fingerprint density at radius 3 is 2.70 bits per heavy atom. The molecule has 0 aromatic carbocycles. The Hall–Kier alpha value is -1.11. The summed E-state index contributed by atoms with van der Waals surface area (Å²) in [6, 6.07) is 5.00. The lowest BCUT2D eigenvalue weighted by molar-refractivity contribution is 0.0186. The molecular formula is C17H27N3O2S. The monoisotopic (exact) mass is 337 g/mol. The summed E-state index contributed by atoms with van der Waals surface area (Å²) in [6.07, 6.45) is 3.18. The van der Waals surface area contributed by atoms with Crippen LogP contribution in [0.3, 0.4) is 0 Å². The van der Waals surface area contributed by atoms with Gasteiger partial charge in [0.1, 0.15) is 0 Å². The minimum Gasteiger partial charge on any atom is -0.381 e. The second-order valence-corrected chi connectivity index (χ2v) is 7.27. The zero-order chi connectivity index (χ0) is 16.1. The van der Waals surface area contributed by atoms with Crippen molar-refractivity contribution in [2.75, 3.05) is 39.4 Å². The number of carbonyl (C=O) groups excluding carboxylic acids is 1. The minimum absolute atomic E-state index is 0.0804. The highest BCUT2D eigenvalue weighted by atomic mass is 32.1. The van der Waals surface area contributed by atoms with Crippen molar-refractivity contribution < 1.29 is 9.53 Å². The highest BCUT2D eigenvalue weighted by molar-refractivity contribution is 7.10. The maximum absolute atomic E-state index is 12.5. The molecule has 0 radical (unpaired) electrons. The minimum atomic E-state index is 0.0804. The third-order valence-electron chi connectivity index (χ3n) is 4.90. The number of piperazine rings is 1. The van der Waals surface area contributed by atoms with Crippen molar-refractivity contribution in [3.05, 3.63) is 22.4 Å². The van der Waals surface area contributed by atoms with Crippen LogP contribution in [-0.4, -0.2) is 61.3 Å². The van der Waals surface area contributed by atoms with Gasteiger partial charge in [0.2, 0.25) is 0 Å². The van der Waals surface area contributed by atoms with Gasteiger partial charge in [0.15, 0.2) is 0 Å². The molecular weight excluding hydrogens is 310 g/mol. The molecule has 2 saturated heterocycles. The molecule has 2 aliphatic rings. The summed E-state index contributed by atoms with van der Waals surface area (Å²) < 4.78 is 5.44. The summed E-state index contributed by atoms with van der Waals surface area (Å²) in [5.41, 5.74) is 0. The van der Waals surface area contributed by atoms with Crippen LogP contribution in [0.5, 0.6) is 0 Å². The van der Waals surface area contributed by atoms with E-state index in [0.717, 1.165) is 58.7 Å². The first kappa shape index (κ1) is 16.7. The molecule has 2 amide bonds. The predicted molar refractivity (Wildman–Crippen MR) is 92.9 cm³/mol. The van der Waals surface area contributed by atoms with E-state index in [2.05, 4.69) is 28.6 Å². The number of thiophene rings is 1. The molecule has 128 valence electrons. The van der Waals surface area contributed by atoms with E-state index >= 15 is 0 Å². The van der Waals surface area contributed by atoms with Gasteiger partial charge in [-0.25, -0.2) is 4.79 Å². The van der Waals surface area contributed by atoms with Crippen molar-refractivity contribution in [1.82, 2.24) is 15.1 Å². The molecule has 0 unspecified atom stereocenters. The summed E-state index contributed by atoms with van der Waals surface area (Å²) in [5, 5.41) is 5.26. The van der Waals surface area contributed by atoms with Crippen LogP contribution in [0.25, 0.3) is 0 Å². The van der Waals surface area contributed by atoms with Gasteiger partial charge in [0.05, 0.1) is 6.04 Å². The van der Waals surface area contributed by atoms with Gasteiger partial charge in [-0.3, -0.25) is 4.90 Å². The van der Waals surface area contributed by atoms with E-state index in [-0.39, 0.29) is 12.1 Å². The van der Waals surface area contributed by atoms with Crippen LogP contribution < -0.4 is 5.32 Å². The van der Waals surface area contributed by atoms with E-state index in [9.17, 15) is 4.79 Å². The molecule has 23 heavy (non-hydrogen) atoms. The van der Waals surface area contributed by atoms with E-state index in [1.807, 2.05) is 11.0 Å². The molecule has 3 rings (SSSR count). The maximum Gasteiger partial charge on any atom is 0.317 e. The number of ether oxygens (including phenoxy) is 1. The van der Waals surface area contributed by atoms with Crippen LogP contribution in [0.4, 0.5) is 4.79 Å². The van der Waals surface area contributed by atoms with Crippen LogP contribution in [0.1, 0.15) is 37.1 Å². The van der Waals surface area contributed by atoms with E-state index < -0.39 is 0 Å². The lowest BCUT2D eigenvalue weighted by atomic mass is 10.1. The number of hydrogen-bond acceptors (Lipinski definition) is 4. The molecule has 5 nitrogen and oxygen atoms in total. The largest absolute Gasteiger partial charge is 0.381 e. The lowest BCUT2D eigenvalue weighted by Gasteiger charge is -2.40. The number of carbonyl (C=O) groups is 1. The first-order valence-corrected chi connectivity index (χ1v) is 9.56. The van der Waals surface area contributed by atoms with Crippen molar-refractivity contribution in [2.24, 2.45) is 0 Å². The number of rotatable bonds is 4. The van der Waals surface area contributed by atoms with Gasteiger partial charge >= 0.3 is 6.03 Å². The second-order valence-electron chi connectivity index (χ2n) is 6.29. The summed E-state index contributed by atoms with van der Waals surface area (Å²) in [7, 11) is 0. The van der Waals surface area contributed by atoms with Crippen molar-refractivity contribution in [2.45, 2.75) is 38.3 Å². The molecule has 1 N–H and O–H groups in total. The topological polar surface area (TPSA) is 44.8 Å². The standard InChI is InChI=1S/C17H27N3O2S/c1-2-15(16-4-3-13-23-16)18-17(21)20-9-7-19(8-10-20)14-5-11-22-12-6-14/h3-4,13-15H,2,5-12H2,1H3,(H,18,21)/t15-/m0/s1. The fourth-order valence-electron chi connectivity index (χ4n) is 3.44. The van der Waals surface area contributed by atoms with Crippen LogP contribution in [0, 0.1) is 0 Å². The van der Waals surface area contributed by atoms with Gasteiger partial charge in [-0.05, 0) is 30.7 Å². The summed E-state index contributed by atoms with van der Waals surface area (Å²) in [6.45, 7) is 7.48. The predicted octanol–water partition coefficient (Wildman–Crippen LogP) is 2.71. The smallest absolute Gasteiger partial charge is 0.317 e. The summed E-state index contributed by atoms with van der Waals surface area (Å²) in [4.78, 5) is 18.3. The zero-order valence-corrected chi connectivity index (χ0v) is 14.7. The second kappa shape index (κ2) is 8.13. The number of nitrogens with one attached hydrogen (secondary N) is 1. The number of amides is 2. The normalized spacial score (nSPS) is 22.0. The van der Waals surface area contributed by atoms with Gasteiger partial charge in [0.25, 0.3) is 0 Å². The molecule has 6 heteroatoms. The first-order valence-electron chi connectivity index (χ1n) is 8.68. The van der Waals surface area contributed by atoms with Crippen molar-refractivity contribution >= 4 is 17.4 Å². The molecule has 1 aromatic rings. The van der Waals surface area contributed by atoms with Gasteiger partial charge in [0, 0.05) is 50.3 Å². The number of hydrogen-bond donors (Lipinski definition) is 1. The quantitative estimate of drug-likeness (QED) is 0.919. The van der Waals surface area contributed by atoms with Crippen LogP contribution in [-0.2, 0) is 4.74 Å². The third kappa shape index (κ3) is 4.25. The van der Waals surface area contributed by atoms with Crippen LogP contribution in [0.2, 0.25) is 0 Å². The molecule has 0 bridgehead atoms. The third-order valence-corrected chi connectivity index (χ3v) is 5.89. The van der Waals surface area contributed by atoms with E-state index in [1.165, 1.54) is 4.88 Å². The molecule has 0 saturated carbocycles. The summed E-state index contributed by atoms with van der Waals surface area (Å²) >= 11 is 1.71. The average molecular weight is 337 g/mol. The van der Waals surface area contributed by atoms with Gasteiger partial charge < -0.3 is 15.0 Å². The Bertz CT molecular complexity index is 480. The Balaban J connectivity index is 1.48. The molecule has 3 heterocycles. The van der Waals surface area contributed by atoms with Crippen molar-refractivity contribution in [3.8, 4) is 0 Å². The van der Waals surface area contributed by atoms with E-state index in [0.29, 0.717) is 6.04 Å². The molecule has 2 aliphatic heterocycles. The van der Waals surface area contributed by atoms with Gasteiger partial charge in [-0.2, -0.15) is 0 Å². The van der Waals surface area contributed by atoms with Crippen molar-refractivity contribution in [1.29, 1.82) is 0 Å². The van der Waals surface area contributed by atoms with E-state index in [1.54, 1.807) is 11.3 Å². The number of nitrogens with zero attached hydrogens (tertiary/aromatic N) is 2. The highest BCUT2D eigenvalue weighted by Gasteiger charge is 2.28. The molecule has 1 aromatic heterocycles. The fraction of sp³-hybridized carbons (Fsp3) is 0.706. The van der Waals surface area contributed by atoms with Crippen LogP contribution >= 0.6 is 11.3 Å². The zero-order valence-electron chi connectivity index (χ0n) is 13.9. The van der Waals surface area contributed by atoms with Gasteiger partial charge in [-0.1, -0.05) is 13.0 Å². The maximum atomic E-state index is 12.5. The lowest BCUT2D eigenvalue weighted by Crippen LogP contribution is -2.55. The van der Waals surface area contributed by atoms with Crippen LogP contribution in [0.15, 0.2) is 17.5 Å². The first-order chi connectivity index (χ1) is 11.3. The highest BCUT2D eigenvalue weighted by Crippen LogP contribution is 2.22. The van der Waals surface area contributed by atoms with Crippen molar-refractivity contribution in [3.63, 3.8) is 0 Å². The molecule has 0 aliphatic carbocycles. The molecule has 0 spiro atoms. The fourth-order valence-corrected chi connectivity index (χ4v) is 4.31. The number of urea groups is 1. The molecule has 2 fully saturated rings.